The van der Waals surface area contributed by atoms with E-state index in [9.17, 15) is 5.11 Å². The highest BCUT2D eigenvalue weighted by Gasteiger charge is 2.19. The quantitative estimate of drug-likeness (QED) is 0.399. The van der Waals surface area contributed by atoms with Crippen LogP contribution in [0.3, 0.4) is 0 Å². The Kier molecular flexibility index (Phi) is 7.40. The maximum absolute atomic E-state index is 9.21. The minimum absolute atomic E-state index is 0.183. The van der Waals surface area contributed by atoms with Crippen molar-refractivity contribution in [2.75, 3.05) is 19.5 Å². The van der Waals surface area contributed by atoms with Crippen molar-refractivity contribution in [2.45, 2.75) is 18.2 Å². The Morgan fingerprint density at radius 3 is 2.64 bits per heavy atom. The Hall–Kier alpha value is 0.447. The lowest BCUT2D eigenvalue weighted by atomic mass is 10.6. The second kappa shape index (κ2) is 7.12. The fourth-order valence-electron chi connectivity index (χ4n) is 0.877. The van der Waals surface area contributed by atoms with Crippen molar-refractivity contribution in [3.05, 3.63) is 0 Å². The average Bonchev–Trinajstić information content (AvgIpc) is 2.05. The molecule has 2 atom stereocenters. The molecule has 0 fully saturated rings. The van der Waals surface area contributed by atoms with Crippen LogP contribution in [-0.4, -0.2) is 44.5 Å². The van der Waals surface area contributed by atoms with Gasteiger partial charge in [-0.3, -0.25) is 0 Å². The van der Waals surface area contributed by atoms with Crippen molar-refractivity contribution < 1.29 is 14.6 Å². The van der Waals surface area contributed by atoms with Gasteiger partial charge in [0.2, 0.25) is 9.04 Å². The number of thiol groups is 1. The third kappa shape index (κ3) is 4.81. The van der Waals surface area contributed by atoms with Gasteiger partial charge in [0, 0.05) is 7.11 Å². The fraction of sp³-hybridized carbons (Fsp3) is 1.00. The van der Waals surface area contributed by atoms with Gasteiger partial charge in [-0.25, -0.2) is 0 Å². The molecule has 0 spiro atoms. The summed E-state index contributed by atoms with van der Waals surface area (Å²) in [4.78, 5) is 0. The first-order chi connectivity index (χ1) is 5.26. The maximum Gasteiger partial charge on any atom is 0.207 e. The molecule has 0 aliphatic heterocycles. The summed E-state index contributed by atoms with van der Waals surface area (Å²) < 4.78 is 5.10. The first kappa shape index (κ1) is 11.4. The van der Waals surface area contributed by atoms with Gasteiger partial charge in [0.1, 0.15) is 0 Å². The van der Waals surface area contributed by atoms with Crippen LogP contribution in [0, 0.1) is 0 Å². The predicted octanol–water partition coefficient (Wildman–Crippen LogP) is -0.431. The van der Waals surface area contributed by atoms with E-state index in [1.165, 1.54) is 0 Å². The first-order valence-electron chi connectivity index (χ1n) is 3.68. The number of aliphatic hydroxyl groups excluding tert-OH is 2. The Bertz CT molecular complexity index is 93.9. The normalized spacial score (nSPS) is 16.4. The monoisotopic (exact) mass is 196 g/mol. The molecule has 0 aliphatic rings. The summed E-state index contributed by atoms with van der Waals surface area (Å²) in [5.74, 6) is 0.811. The Labute approximate surface area is 74.5 Å². The van der Waals surface area contributed by atoms with Gasteiger partial charge in [0.05, 0.1) is 12.3 Å². The van der Waals surface area contributed by atoms with E-state index in [1.54, 1.807) is 7.11 Å². The van der Waals surface area contributed by atoms with Crippen molar-refractivity contribution in [3.8, 4) is 0 Å². The zero-order valence-electron chi connectivity index (χ0n) is 6.73. The molecule has 11 heavy (non-hydrogen) atoms. The zero-order chi connectivity index (χ0) is 8.69. The Balaban J connectivity index is 3.56. The molecule has 0 rings (SSSR count). The molecular formula is C6H16O3SSi. The Morgan fingerprint density at radius 1 is 1.64 bits per heavy atom. The first-order valence-corrected chi connectivity index (χ1v) is 6.27. The van der Waals surface area contributed by atoms with Gasteiger partial charge < -0.3 is 14.6 Å². The highest BCUT2D eigenvalue weighted by atomic mass is 32.1. The molecule has 0 heterocycles. The van der Waals surface area contributed by atoms with Crippen molar-refractivity contribution in [1.29, 1.82) is 0 Å². The van der Waals surface area contributed by atoms with Crippen LogP contribution in [0.4, 0.5) is 0 Å². The summed E-state index contributed by atoms with van der Waals surface area (Å²) in [6.45, 7) is -0.183. The zero-order valence-corrected chi connectivity index (χ0v) is 8.78. The molecule has 0 radical (unpaired) electrons. The molecule has 0 bridgehead atoms. The molecule has 68 valence electrons. The average molecular weight is 196 g/mol. The van der Waals surface area contributed by atoms with Crippen LogP contribution in [0.15, 0.2) is 0 Å². The number of rotatable bonds is 6. The summed E-state index contributed by atoms with van der Waals surface area (Å²) in [6, 6.07) is 0.877. The third-order valence-electron chi connectivity index (χ3n) is 1.57. The van der Waals surface area contributed by atoms with Crippen LogP contribution >= 0.6 is 12.6 Å². The molecule has 0 aliphatic carbocycles. The summed E-state index contributed by atoms with van der Waals surface area (Å²) in [5, 5.41) is 17.8. The van der Waals surface area contributed by atoms with Crippen LogP contribution < -0.4 is 0 Å². The third-order valence-corrected chi connectivity index (χ3v) is 4.53. The highest BCUT2D eigenvalue weighted by Crippen LogP contribution is 2.04. The molecule has 0 amide bonds. The Morgan fingerprint density at radius 2 is 2.27 bits per heavy atom. The van der Waals surface area contributed by atoms with Crippen molar-refractivity contribution >= 4 is 21.7 Å². The topological polar surface area (TPSA) is 49.7 Å². The van der Waals surface area contributed by atoms with Crippen molar-refractivity contribution in [1.82, 2.24) is 0 Å². The molecule has 0 aromatic heterocycles. The number of hydrogen-bond donors (Lipinski definition) is 3. The molecule has 0 saturated heterocycles. The summed E-state index contributed by atoms with van der Waals surface area (Å²) in [5.41, 5.74) is -0.625. The summed E-state index contributed by atoms with van der Waals surface area (Å²) in [6.07, 6.45) is 0.949. The largest absolute Gasteiger partial charge is 0.420 e. The van der Waals surface area contributed by atoms with Gasteiger partial charge in [0.25, 0.3) is 0 Å². The van der Waals surface area contributed by atoms with Crippen LogP contribution in [0.1, 0.15) is 6.42 Å². The van der Waals surface area contributed by atoms with Crippen molar-refractivity contribution in [3.63, 3.8) is 0 Å². The van der Waals surface area contributed by atoms with Crippen LogP contribution in [-0.2, 0) is 4.43 Å². The van der Waals surface area contributed by atoms with Gasteiger partial charge in [-0.1, -0.05) is 0 Å². The van der Waals surface area contributed by atoms with Gasteiger partial charge in [-0.15, -0.1) is 0 Å². The van der Waals surface area contributed by atoms with Gasteiger partial charge in [0.15, 0.2) is 0 Å². The highest BCUT2D eigenvalue weighted by molar-refractivity contribution is 7.80. The standard InChI is InChI=1S/C6H16O3SSi/c1-9-11(4-2-3-10)6(8)5-7/h6-8,10-11H,2-5H2,1H3. The van der Waals surface area contributed by atoms with Crippen LogP contribution in [0.25, 0.3) is 0 Å². The SMILES string of the molecule is CO[SiH](CCCS)C(O)CO. The molecule has 0 saturated carbocycles. The summed E-state index contributed by atoms with van der Waals surface area (Å²) in [7, 11) is 0.0235. The molecular weight excluding hydrogens is 180 g/mol. The lowest BCUT2D eigenvalue weighted by Crippen LogP contribution is -2.35. The molecule has 3 nitrogen and oxygen atoms in total. The number of aliphatic hydroxyl groups is 2. The smallest absolute Gasteiger partial charge is 0.207 e. The van der Waals surface area contributed by atoms with E-state index in [-0.39, 0.29) is 6.61 Å². The van der Waals surface area contributed by atoms with E-state index in [2.05, 4.69) is 12.6 Å². The molecule has 2 unspecified atom stereocenters. The lowest BCUT2D eigenvalue weighted by Gasteiger charge is -2.16. The van der Waals surface area contributed by atoms with Crippen LogP contribution in [0.2, 0.25) is 6.04 Å². The van der Waals surface area contributed by atoms with Gasteiger partial charge in [-0.05, 0) is 18.2 Å². The van der Waals surface area contributed by atoms with E-state index >= 15 is 0 Å². The molecule has 0 aromatic carbocycles. The fourth-order valence-corrected chi connectivity index (χ4v) is 3.18. The van der Waals surface area contributed by atoms with E-state index < -0.39 is 14.8 Å². The van der Waals surface area contributed by atoms with E-state index in [0.717, 1.165) is 18.2 Å². The van der Waals surface area contributed by atoms with Gasteiger partial charge in [-0.2, -0.15) is 12.6 Å². The summed E-state index contributed by atoms with van der Waals surface area (Å²) >= 11 is 4.05. The second-order valence-electron chi connectivity index (χ2n) is 2.39. The maximum atomic E-state index is 9.21. The van der Waals surface area contributed by atoms with E-state index in [1.807, 2.05) is 0 Å². The number of hydrogen-bond acceptors (Lipinski definition) is 4. The minimum Gasteiger partial charge on any atom is -0.420 e. The molecule has 0 aromatic rings. The molecule has 2 N–H and O–H groups in total. The van der Waals surface area contributed by atoms with Gasteiger partial charge >= 0.3 is 0 Å². The van der Waals surface area contributed by atoms with Crippen LogP contribution in [0.5, 0.6) is 0 Å². The molecule has 5 heteroatoms. The van der Waals surface area contributed by atoms with E-state index in [4.69, 9.17) is 9.53 Å². The van der Waals surface area contributed by atoms with Crippen molar-refractivity contribution in [2.24, 2.45) is 0 Å². The van der Waals surface area contributed by atoms with E-state index in [0.29, 0.717) is 0 Å². The predicted molar refractivity (Wildman–Crippen MR) is 50.5 cm³/mol. The second-order valence-corrected chi connectivity index (χ2v) is 5.73. The lowest BCUT2D eigenvalue weighted by molar-refractivity contribution is 0.134. The minimum atomic E-state index is -1.57.